The van der Waals surface area contributed by atoms with Crippen LogP contribution in [-0.2, 0) is 17.7 Å². The number of aromatic nitrogens is 1. The van der Waals surface area contributed by atoms with E-state index in [9.17, 15) is 0 Å². The van der Waals surface area contributed by atoms with Crippen LogP contribution in [0.25, 0.3) is 0 Å². The second-order valence-corrected chi connectivity index (χ2v) is 7.99. The minimum atomic E-state index is 0.300. The van der Waals surface area contributed by atoms with Crippen LogP contribution in [0.4, 0.5) is 0 Å². The first-order chi connectivity index (χ1) is 11.7. The highest BCUT2D eigenvalue weighted by molar-refractivity contribution is 7.10. The molecule has 0 aliphatic carbocycles. The van der Waals surface area contributed by atoms with Gasteiger partial charge in [0.05, 0.1) is 6.61 Å². The Hall–Kier alpha value is -1.23. The molecule has 4 heteroatoms. The number of aryl methyl sites for hydroxylation is 2. The number of nitrogens with zero attached hydrogens (tertiary/aromatic N) is 2. The van der Waals surface area contributed by atoms with Gasteiger partial charge in [-0.1, -0.05) is 6.07 Å². The molecule has 3 nitrogen and oxygen atoms in total. The van der Waals surface area contributed by atoms with Crippen molar-refractivity contribution in [1.82, 2.24) is 9.88 Å². The van der Waals surface area contributed by atoms with Crippen LogP contribution < -0.4 is 0 Å². The molecule has 0 saturated carbocycles. The summed E-state index contributed by atoms with van der Waals surface area (Å²) in [5.74, 6) is 0. The average Bonchev–Trinajstić information content (AvgIpc) is 3.19. The van der Waals surface area contributed by atoms with Crippen LogP contribution >= 0.6 is 11.3 Å². The second-order valence-electron chi connectivity index (χ2n) is 6.99. The Morgan fingerprint density at radius 2 is 2.29 bits per heavy atom. The number of rotatable bonds is 8. The molecule has 130 valence electrons. The molecule has 2 aromatic rings. The van der Waals surface area contributed by atoms with Gasteiger partial charge in [-0.05, 0) is 68.3 Å². The monoisotopic (exact) mass is 344 g/mol. The molecule has 1 aliphatic rings. The molecule has 24 heavy (non-hydrogen) atoms. The van der Waals surface area contributed by atoms with E-state index in [1.54, 1.807) is 0 Å². The summed E-state index contributed by atoms with van der Waals surface area (Å²) in [6.45, 7) is 9.31. The Balaban J connectivity index is 1.62. The highest BCUT2D eigenvalue weighted by Crippen LogP contribution is 2.37. The van der Waals surface area contributed by atoms with Gasteiger partial charge in [0.1, 0.15) is 0 Å². The van der Waals surface area contributed by atoms with Crippen LogP contribution in [0.2, 0.25) is 0 Å². The molecule has 1 atom stereocenters. The lowest BCUT2D eigenvalue weighted by Crippen LogP contribution is -2.32. The fraction of sp³-hybridized carbons (Fsp3) is 0.550. The van der Waals surface area contributed by atoms with Crippen molar-refractivity contribution in [2.75, 3.05) is 26.3 Å². The molecule has 3 rings (SSSR count). The maximum Gasteiger partial charge on any atom is 0.0535 e. The minimum absolute atomic E-state index is 0.300. The Kier molecular flexibility index (Phi) is 6.04. The van der Waals surface area contributed by atoms with E-state index in [2.05, 4.69) is 41.2 Å². The predicted molar refractivity (Wildman–Crippen MR) is 100 cm³/mol. The van der Waals surface area contributed by atoms with Crippen LogP contribution in [0.5, 0.6) is 0 Å². The molecule has 0 bridgehead atoms. The Morgan fingerprint density at radius 1 is 1.38 bits per heavy atom. The van der Waals surface area contributed by atoms with Gasteiger partial charge in [-0.2, -0.15) is 0 Å². The summed E-state index contributed by atoms with van der Waals surface area (Å²) in [4.78, 5) is 8.35. The number of thiophene rings is 1. The molecule has 0 radical (unpaired) electrons. The lowest BCUT2D eigenvalue weighted by atomic mass is 9.82. The molecule has 0 aromatic carbocycles. The van der Waals surface area contributed by atoms with Gasteiger partial charge in [-0.3, -0.25) is 9.88 Å². The molecule has 3 heterocycles. The van der Waals surface area contributed by atoms with E-state index >= 15 is 0 Å². The van der Waals surface area contributed by atoms with E-state index < -0.39 is 0 Å². The zero-order valence-corrected chi connectivity index (χ0v) is 15.6. The van der Waals surface area contributed by atoms with Crippen LogP contribution in [0, 0.1) is 12.3 Å². The third-order valence-electron chi connectivity index (χ3n) is 5.11. The molecule has 1 unspecified atom stereocenters. The zero-order valence-electron chi connectivity index (χ0n) is 14.8. The topological polar surface area (TPSA) is 25.4 Å². The van der Waals surface area contributed by atoms with Crippen molar-refractivity contribution < 1.29 is 4.74 Å². The highest BCUT2D eigenvalue weighted by Gasteiger charge is 2.38. The first-order valence-electron chi connectivity index (χ1n) is 8.93. The third kappa shape index (κ3) is 4.44. The largest absolute Gasteiger partial charge is 0.381 e. The first-order valence-corrected chi connectivity index (χ1v) is 9.81. The van der Waals surface area contributed by atoms with E-state index in [1.165, 1.54) is 35.3 Å². The number of pyridine rings is 1. The summed E-state index contributed by atoms with van der Waals surface area (Å²) in [6.07, 6.45) is 7.46. The van der Waals surface area contributed by atoms with Crippen molar-refractivity contribution in [2.24, 2.45) is 5.41 Å². The van der Waals surface area contributed by atoms with Gasteiger partial charge < -0.3 is 4.74 Å². The summed E-state index contributed by atoms with van der Waals surface area (Å²) < 4.78 is 5.88. The molecular weight excluding hydrogens is 316 g/mol. The van der Waals surface area contributed by atoms with Crippen molar-refractivity contribution in [3.63, 3.8) is 0 Å². The van der Waals surface area contributed by atoms with Crippen molar-refractivity contribution in [3.8, 4) is 0 Å². The summed E-state index contributed by atoms with van der Waals surface area (Å²) in [7, 11) is 0. The molecule has 1 aliphatic heterocycles. The Labute approximate surface area is 149 Å². The van der Waals surface area contributed by atoms with Gasteiger partial charge in [-0.15, -0.1) is 11.3 Å². The highest BCUT2D eigenvalue weighted by atomic mass is 32.1. The van der Waals surface area contributed by atoms with E-state index in [4.69, 9.17) is 4.74 Å². The normalized spacial score (nSPS) is 21.4. The molecule has 1 saturated heterocycles. The van der Waals surface area contributed by atoms with Gasteiger partial charge in [0.15, 0.2) is 0 Å². The van der Waals surface area contributed by atoms with Crippen LogP contribution in [0.15, 0.2) is 36.0 Å². The Bertz CT molecular complexity index is 628. The van der Waals surface area contributed by atoms with Gasteiger partial charge in [0, 0.05) is 42.4 Å². The standard InChI is InChI=1S/C20H28N2OS/c1-3-23-16-20(8-6-19-17(2)7-12-24-19)9-11-22(15-20)14-18-5-4-10-21-13-18/h4-5,7,10,12-13H,3,6,8-9,11,14-16H2,1-2H3. The fourth-order valence-electron chi connectivity index (χ4n) is 3.66. The SMILES string of the molecule is CCOCC1(CCc2sccc2C)CCN(Cc2cccnc2)C1. The molecule has 0 amide bonds. The van der Waals surface area contributed by atoms with E-state index in [1.807, 2.05) is 29.8 Å². The summed E-state index contributed by atoms with van der Waals surface area (Å²) in [5.41, 5.74) is 3.05. The van der Waals surface area contributed by atoms with Crippen LogP contribution in [0.1, 0.15) is 35.8 Å². The predicted octanol–water partition coefficient (Wildman–Crippen LogP) is 4.31. The van der Waals surface area contributed by atoms with Crippen molar-refractivity contribution >= 4 is 11.3 Å². The number of likely N-dealkylation sites (tertiary alicyclic amines) is 1. The number of ether oxygens (including phenoxy) is 1. The Morgan fingerprint density at radius 3 is 3.00 bits per heavy atom. The fourth-order valence-corrected chi connectivity index (χ4v) is 4.57. The zero-order chi connectivity index (χ0) is 16.8. The van der Waals surface area contributed by atoms with E-state index in [-0.39, 0.29) is 0 Å². The molecular formula is C20H28N2OS. The number of hydrogen-bond acceptors (Lipinski definition) is 4. The van der Waals surface area contributed by atoms with Crippen molar-refractivity contribution in [1.29, 1.82) is 0 Å². The molecule has 1 fully saturated rings. The average molecular weight is 345 g/mol. The van der Waals surface area contributed by atoms with Gasteiger partial charge in [-0.25, -0.2) is 0 Å². The summed E-state index contributed by atoms with van der Waals surface area (Å²) >= 11 is 1.90. The lowest BCUT2D eigenvalue weighted by Gasteiger charge is -2.29. The summed E-state index contributed by atoms with van der Waals surface area (Å²) in [6, 6.07) is 6.43. The first kappa shape index (κ1) is 17.6. The smallest absolute Gasteiger partial charge is 0.0535 e. The van der Waals surface area contributed by atoms with Gasteiger partial charge in [0.2, 0.25) is 0 Å². The maximum atomic E-state index is 5.88. The van der Waals surface area contributed by atoms with E-state index in [0.717, 1.165) is 32.8 Å². The van der Waals surface area contributed by atoms with Gasteiger partial charge in [0.25, 0.3) is 0 Å². The maximum absolute atomic E-state index is 5.88. The van der Waals surface area contributed by atoms with Crippen LogP contribution in [0.3, 0.4) is 0 Å². The molecule has 2 aromatic heterocycles. The molecule has 0 spiro atoms. The van der Waals surface area contributed by atoms with Crippen molar-refractivity contribution in [3.05, 3.63) is 52.0 Å². The van der Waals surface area contributed by atoms with Crippen LogP contribution in [-0.4, -0.2) is 36.2 Å². The van der Waals surface area contributed by atoms with Gasteiger partial charge >= 0.3 is 0 Å². The quantitative estimate of drug-likeness (QED) is 0.713. The lowest BCUT2D eigenvalue weighted by molar-refractivity contribution is 0.0490. The minimum Gasteiger partial charge on any atom is -0.381 e. The van der Waals surface area contributed by atoms with E-state index in [0.29, 0.717) is 5.41 Å². The number of hydrogen-bond donors (Lipinski definition) is 0. The second kappa shape index (κ2) is 8.24. The van der Waals surface area contributed by atoms with Crippen molar-refractivity contribution in [2.45, 2.75) is 39.7 Å². The summed E-state index contributed by atoms with van der Waals surface area (Å²) in [5, 5.41) is 2.21. The molecule has 0 N–H and O–H groups in total. The third-order valence-corrected chi connectivity index (χ3v) is 6.19.